The van der Waals surface area contributed by atoms with Gasteiger partial charge in [0.05, 0.1) is 12.8 Å². The summed E-state index contributed by atoms with van der Waals surface area (Å²) < 4.78 is 5.19. The molecule has 0 saturated heterocycles. The Balaban J connectivity index is 1.58. The van der Waals surface area contributed by atoms with E-state index in [0.29, 0.717) is 23.2 Å². The lowest BCUT2D eigenvalue weighted by molar-refractivity contribution is 0.133. The van der Waals surface area contributed by atoms with E-state index in [-0.39, 0.29) is 0 Å². The number of rotatable bonds is 7. The zero-order valence-corrected chi connectivity index (χ0v) is 13.8. The second kappa shape index (κ2) is 7.82. The molecule has 0 fully saturated rings. The summed E-state index contributed by atoms with van der Waals surface area (Å²) >= 11 is 1.40. The van der Waals surface area contributed by atoms with E-state index in [1.54, 1.807) is 24.8 Å². The second-order valence-corrected chi connectivity index (χ2v) is 5.79. The highest BCUT2D eigenvalue weighted by Gasteiger charge is 2.12. The first-order valence-corrected chi connectivity index (χ1v) is 8.15. The molecule has 0 radical (unpaired) electrons. The Morgan fingerprint density at radius 3 is 3.04 bits per heavy atom. The minimum atomic E-state index is -0.853. The van der Waals surface area contributed by atoms with Gasteiger partial charge in [-0.3, -0.25) is 5.32 Å². The molecule has 24 heavy (non-hydrogen) atoms. The van der Waals surface area contributed by atoms with Gasteiger partial charge in [-0.1, -0.05) is 12.1 Å². The van der Waals surface area contributed by atoms with Crippen molar-refractivity contribution in [1.29, 1.82) is 0 Å². The molecule has 3 N–H and O–H groups in total. The van der Waals surface area contributed by atoms with Gasteiger partial charge >= 0.3 is 0 Å². The molecule has 124 valence electrons. The van der Waals surface area contributed by atoms with Gasteiger partial charge in [0, 0.05) is 18.1 Å². The van der Waals surface area contributed by atoms with E-state index in [2.05, 4.69) is 25.6 Å². The maximum Gasteiger partial charge on any atom is 0.188 e. The quantitative estimate of drug-likeness (QED) is 0.568. The van der Waals surface area contributed by atoms with Crippen molar-refractivity contribution in [3.63, 3.8) is 0 Å². The smallest absolute Gasteiger partial charge is 0.188 e. The van der Waals surface area contributed by atoms with Crippen molar-refractivity contribution in [2.24, 2.45) is 0 Å². The summed E-state index contributed by atoms with van der Waals surface area (Å²) in [6.45, 7) is 0.505. The van der Waals surface area contributed by atoms with Crippen molar-refractivity contribution in [2.75, 3.05) is 12.4 Å². The zero-order valence-electron chi connectivity index (χ0n) is 13.0. The molecule has 0 saturated carbocycles. The van der Waals surface area contributed by atoms with Gasteiger partial charge in [0.1, 0.15) is 24.1 Å². The van der Waals surface area contributed by atoms with Crippen molar-refractivity contribution in [3.05, 3.63) is 59.5 Å². The first-order valence-electron chi connectivity index (χ1n) is 7.27. The lowest BCUT2D eigenvalue weighted by Crippen LogP contribution is -2.20. The molecule has 0 amide bonds. The minimum absolute atomic E-state index is 0.505. The fourth-order valence-electron chi connectivity index (χ4n) is 2.04. The van der Waals surface area contributed by atoms with Crippen molar-refractivity contribution >= 4 is 22.3 Å². The van der Waals surface area contributed by atoms with Crippen LogP contribution in [0.1, 0.15) is 17.5 Å². The molecule has 1 unspecified atom stereocenters. The molecule has 0 aliphatic heterocycles. The number of aromatic nitrogens is 3. The second-order valence-electron chi connectivity index (χ2n) is 4.93. The number of hydrogen-bond donors (Lipinski definition) is 3. The van der Waals surface area contributed by atoms with Crippen LogP contribution in [0.25, 0.3) is 0 Å². The van der Waals surface area contributed by atoms with Gasteiger partial charge in [-0.05, 0) is 23.8 Å². The first kappa shape index (κ1) is 16.3. The number of benzene rings is 1. The summed E-state index contributed by atoms with van der Waals surface area (Å²) in [7, 11) is 1.63. The SMILES string of the molecule is COc1cccc(CNC(O)c2csc(Nc3ccncn3)n2)c1. The molecule has 2 heterocycles. The van der Waals surface area contributed by atoms with Crippen LogP contribution in [-0.2, 0) is 6.54 Å². The van der Waals surface area contributed by atoms with Crippen LogP contribution in [0.15, 0.2) is 48.2 Å². The summed E-state index contributed by atoms with van der Waals surface area (Å²) in [5.41, 5.74) is 1.57. The summed E-state index contributed by atoms with van der Waals surface area (Å²) in [4.78, 5) is 12.3. The fraction of sp³-hybridized carbons (Fsp3) is 0.188. The van der Waals surface area contributed by atoms with Gasteiger partial charge < -0.3 is 15.2 Å². The number of nitrogens with zero attached hydrogens (tertiary/aromatic N) is 3. The Labute approximate surface area is 143 Å². The summed E-state index contributed by atoms with van der Waals surface area (Å²) in [5, 5.41) is 18.8. The van der Waals surface area contributed by atoms with Crippen LogP contribution in [0.4, 0.5) is 10.9 Å². The van der Waals surface area contributed by atoms with E-state index in [4.69, 9.17) is 4.74 Å². The van der Waals surface area contributed by atoms with Gasteiger partial charge in [-0.15, -0.1) is 11.3 Å². The molecule has 1 atom stereocenters. The maximum atomic E-state index is 10.2. The van der Waals surface area contributed by atoms with Gasteiger partial charge in [0.25, 0.3) is 0 Å². The molecule has 1 aromatic carbocycles. The molecular formula is C16H17N5O2S. The largest absolute Gasteiger partial charge is 0.497 e. The van der Waals surface area contributed by atoms with Crippen molar-refractivity contribution in [2.45, 2.75) is 12.8 Å². The zero-order chi connectivity index (χ0) is 16.8. The number of hydrogen-bond acceptors (Lipinski definition) is 8. The van der Waals surface area contributed by atoms with E-state index in [1.807, 2.05) is 24.3 Å². The average molecular weight is 343 g/mol. The normalized spacial score (nSPS) is 11.9. The third-order valence-electron chi connectivity index (χ3n) is 3.25. The van der Waals surface area contributed by atoms with Crippen molar-refractivity contribution < 1.29 is 9.84 Å². The molecule has 7 nitrogen and oxygen atoms in total. The van der Waals surface area contributed by atoms with Crippen LogP contribution in [0.5, 0.6) is 5.75 Å². The van der Waals surface area contributed by atoms with Gasteiger partial charge in [0.2, 0.25) is 0 Å². The van der Waals surface area contributed by atoms with Crippen LogP contribution in [-0.4, -0.2) is 27.2 Å². The van der Waals surface area contributed by atoms with Gasteiger partial charge in [0.15, 0.2) is 5.13 Å². The fourth-order valence-corrected chi connectivity index (χ4v) is 2.78. The van der Waals surface area contributed by atoms with Crippen LogP contribution in [0.3, 0.4) is 0 Å². The van der Waals surface area contributed by atoms with Crippen molar-refractivity contribution in [1.82, 2.24) is 20.3 Å². The van der Waals surface area contributed by atoms with E-state index in [0.717, 1.165) is 11.3 Å². The predicted octanol–water partition coefficient (Wildman–Crippen LogP) is 2.47. The Bertz CT molecular complexity index is 781. The Morgan fingerprint density at radius 1 is 1.33 bits per heavy atom. The molecule has 8 heteroatoms. The molecule has 0 bridgehead atoms. The van der Waals surface area contributed by atoms with Crippen molar-refractivity contribution in [3.8, 4) is 5.75 Å². The molecule has 0 spiro atoms. The molecule has 3 aromatic rings. The van der Waals surface area contributed by atoms with Crippen LogP contribution in [0, 0.1) is 0 Å². The lowest BCUT2D eigenvalue weighted by atomic mass is 10.2. The van der Waals surface area contributed by atoms with E-state index in [1.165, 1.54) is 17.7 Å². The van der Waals surface area contributed by atoms with E-state index < -0.39 is 6.23 Å². The highest BCUT2D eigenvalue weighted by atomic mass is 32.1. The molecule has 3 rings (SSSR count). The minimum Gasteiger partial charge on any atom is -0.497 e. The number of methoxy groups -OCH3 is 1. The van der Waals surface area contributed by atoms with Gasteiger partial charge in [-0.2, -0.15) is 0 Å². The number of aliphatic hydroxyl groups excluding tert-OH is 1. The predicted molar refractivity (Wildman–Crippen MR) is 92.2 cm³/mol. The molecular weight excluding hydrogens is 326 g/mol. The third kappa shape index (κ3) is 4.25. The standard InChI is InChI=1S/C16H17N5O2S/c1-23-12-4-2-3-11(7-12)8-18-15(22)13-9-24-16(20-13)21-14-5-6-17-10-19-14/h2-7,9-10,15,18,22H,8H2,1H3,(H,17,19,20,21). The highest BCUT2D eigenvalue weighted by molar-refractivity contribution is 7.13. The number of ether oxygens (including phenoxy) is 1. The monoisotopic (exact) mass is 343 g/mol. The van der Waals surface area contributed by atoms with Crippen LogP contribution >= 0.6 is 11.3 Å². The Morgan fingerprint density at radius 2 is 2.25 bits per heavy atom. The highest BCUT2D eigenvalue weighted by Crippen LogP contribution is 2.22. The summed E-state index contributed by atoms with van der Waals surface area (Å²) in [5.74, 6) is 1.44. The number of nitrogens with one attached hydrogen (secondary N) is 2. The summed E-state index contributed by atoms with van der Waals surface area (Å²) in [6.07, 6.45) is 2.25. The number of anilines is 2. The number of aliphatic hydroxyl groups is 1. The summed E-state index contributed by atoms with van der Waals surface area (Å²) in [6, 6.07) is 9.42. The lowest BCUT2D eigenvalue weighted by Gasteiger charge is -2.11. The number of thiazole rings is 1. The third-order valence-corrected chi connectivity index (χ3v) is 4.03. The first-order chi connectivity index (χ1) is 11.7. The molecule has 0 aliphatic carbocycles. The van der Waals surface area contributed by atoms with Crippen LogP contribution in [0.2, 0.25) is 0 Å². The average Bonchev–Trinajstić information content (AvgIpc) is 3.09. The van der Waals surface area contributed by atoms with Crippen LogP contribution < -0.4 is 15.4 Å². The molecule has 2 aromatic heterocycles. The topological polar surface area (TPSA) is 92.2 Å². The Hall–Kier alpha value is -2.55. The van der Waals surface area contributed by atoms with Gasteiger partial charge in [-0.25, -0.2) is 15.0 Å². The Kier molecular flexibility index (Phi) is 5.32. The van der Waals surface area contributed by atoms with E-state index >= 15 is 0 Å². The maximum absolute atomic E-state index is 10.2. The molecule has 0 aliphatic rings. The van der Waals surface area contributed by atoms with E-state index in [9.17, 15) is 5.11 Å².